The zero-order valence-electron chi connectivity index (χ0n) is 18.1. The van der Waals surface area contributed by atoms with Crippen molar-refractivity contribution in [3.8, 4) is 0 Å². The Bertz CT molecular complexity index is 1380. The van der Waals surface area contributed by atoms with Crippen LogP contribution in [0.1, 0.15) is 21.7 Å². The number of carbonyl (C=O) groups excluding carboxylic acids is 1. The van der Waals surface area contributed by atoms with Crippen LogP contribution in [-0.2, 0) is 12.7 Å². The van der Waals surface area contributed by atoms with Crippen molar-refractivity contribution in [1.82, 2.24) is 14.5 Å². The molecule has 4 aromatic rings. The molecule has 0 atom stereocenters. The van der Waals surface area contributed by atoms with Gasteiger partial charge in [-0.3, -0.25) is 4.79 Å². The van der Waals surface area contributed by atoms with Gasteiger partial charge in [0.25, 0.3) is 5.91 Å². The van der Waals surface area contributed by atoms with E-state index in [0.29, 0.717) is 35.7 Å². The summed E-state index contributed by atoms with van der Waals surface area (Å²) in [6.45, 7) is 1.08. The lowest BCUT2D eigenvalue weighted by Crippen LogP contribution is -2.51. The van der Waals surface area contributed by atoms with E-state index in [1.54, 1.807) is 12.1 Å². The number of aromatic nitrogens is 3. The first kappa shape index (κ1) is 22.8. The van der Waals surface area contributed by atoms with Gasteiger partial charge in [-0.25, -0.2) is 14.4 Å². The summed E-state index contributed by atoms with van der Waals surface area (Å²) in [5, 5.41) is 12.1. The molecule has 7 nitrogen and oxygen atoms in total. The topological polar surface area (TPSA) is 83.3 Å². The first-order chi connectivity index (χ1) is 16.7. The van der Waals surface area contributed by atoms with Crippen LogP contribution in [0.5, 0.6) is 0 Å². The predicted molar refractivity (Wildman–Crippen MR) is 121 cm³/mol. The molecule has 0 unspecified atom stereocenters. The molecule has 1 aliphatic heterocycles. The molecule has 1 saturated heterocycles. The van der Waals surface area contributed by atoms with Crippen molar-refractivity contribution in [3.63, 3.8) is 0 Å². The summed E-state index contributed by atoms with van der Waals surface area (Å²) < 4.78 is 54.4. The Morgan fingerprint density at radius 3 is 2.46 bits per heavy atom. The van der Waals surface area contributed by atoms with E-state index in [1.165, 1.54) is 47.2 Å². The summed E-state index contributed by atoms with van der Waals surface area (Å²) >= 11 is 0. The van der Waals surface area contributed by atoms with E-state index in [2.05, 4.69) is 15.3 Å². The Labute approximate surface area is 196 Å². The highest BCUT2D eigenvalue weighted by atomic mass is 19.4. The van der Waals surface area contributed by atoms with Crippen molar-refractivity contribution < 1.29 is 27.5 Å². The normalized spacial score (nSPS) is 14.3. The van der Waals surface area contributed by atoms with E-state index in [4.69, 9.17) is 0 Å². The average molecular weight is 485 g/mol. The highest BCUT2D eigenvalue weighted by molar-refractivity contribution is 6.06. The van der Waals surface area contributed by atoms with Crippen molar-refractivity contribution in [3.05, 3.63) is 83.6 Å². The number of rotatable bonds is 5. The number of pyridine rings is 2. The van der Waals surface area contributed by atoms with Gasteiger partial charge in [-0.1, -0.05) is 12.1 Å². The molecule has 4 heterocycles. The quantitative estimate of drug-likeness (QED) is 0.417. The van der Waals surface area contributed by atoms with Crippen molar-refractivity contribution in [2.45, 2.75) is 18.8 Å². The van der Waals surface area contributed by atoms with Crippen molar-refractivity contribution >= 4 is 28.4 Å². The third-order valence-corrected chi connectivity index (χ3v) is 5.73. The molecule has 0 saturated carbocycles. The molecule has 2 N–H and O–H groups in total. The Kier molecular flexibility index (Phi) is 5.64. The number of amides is 1. The van der Waals surface area contributed by atoms with E-state index < -0.39 is 23.6 Å². The molecule has 11 heteroatoms. The number of anilines is 2. The van der Waals surface area contributed by atoms with Gasteiger partial charge in [0, 0.05) is 19.6 Å². The monoisotopic (exact) mass is 485 g/mol. The molecule has 1 aliphatic rings. The van der Waals surface area contributed by atoms with Crippen LogP contribution in [0.4, 0.5) is 29.1 Å². The zero-order chi connectivity index (χ0) is 24.7. The molecule has 1 amide bonds. The number of hydrogen-bond donors (Lipinski definition) is 2. The standard InChI is InChI=1S/C24H19F4N5O2/c25-15-3-1-14(2-4-15)11-33-19-6-7-21(24(26,27)28)31-18(19)9-20(33)23(35)30-16-5-8-22(29-10-16)32-12-17(34)13-32/h1-10,17,34H,11-13H2,(H,30,35). The van der Waals surface area contributed by atoms with Gasteiger partial charge >= 0.3 is 6.18 Å². The fraction of sp³-hybridized carbons (Fsp3) is 0.208. The van der Waals surface area contributed by atoms with Gasteiger partial charge in [0.15, 0.2) is 0 Å². The first-order valence-corrected chi connectivity index (χ1v) is 10.7. The maximum atomic E-state index is 13.3. The van der Waals surface area contributed by atoms with Crippen LogP contribution in [0.25, 0.3) is 11.0 Å². The van der Waals surface area contributed by atoms with Crippen LogP contribution in [0.2, 0.25) is 0 Å². The zero-order valence-corrected chi connectivity index (χ0v) is 18.1. The number of nitrogens with zero attached hydrogens (tertiary/aromatic N) is 4. The molecule has 35 heavy (non-hydrogen) atoms. The summed E-state index contributed by atoms with van der Waals surface area (Å²) in [4.78, 5) is 23.0. The van der Waals surface area contributed by atoms with Gasteiger partial charge < -0.3 is 19.9 Å². The number of alkyl halides is 3. The summed E-state index contributed by atoms with van der Waals surface area (Å²) in [5.74, 6) is -0.334. The van der Waals surface area contributed by atoms with Crippen molar-refractivity contribution in [1.29, 1.82) is 0 Å². The van der Waals surface area contributed by atoms with Gasteiger partial charge in [-0.05, 0) is 48.0 Å². The number of carbonyl (C=O) groups is 1. The third-order valence-electron chi connectivity index (χ3n) is 5.73. The van der Waals surface area contributed by atoms with E-state index in [9.17, 15) is 27.5 Å². The maximum Gasteiger partial charge on any atom is 0.433 e. The van der Waals surface area contributed by atoms with Crippen LogP contribution in [0, 0.1) is 5.82 Å². The van der Waals surface area contributed by atoms with Crippen molar-refractivity contribution in [2.24, 2.45) is 0 Å². The van der Waals surface area contributed by atoms with Crippen molar-refractivity contribution in [2.75, 3.05) is 23.3 Å². The fourth-order valence-electron chi connectivity index (χ4n) is 3.91. The molecule has 180 valence electrons. The van der Waals surface area contributed by atoms with Crippen LogP contribution < -0.4 is 10.2 Å². The summed E-state index contributed by atoms with van der Waals surface area (Å²) in [5.41, 5.74) is 0.412. The van der Waals surface area contributed by atoms with Gasteiger partial charge in [0.1, 0.15) is 23.0 Å². The van der Waals surface area contributed by atoms with Gasteiger partial charge in [-0.2, -0.15) is 13.2 Å². The lowest BCUT2D eigenvalue weighted by atomic mass is 10.2. The van der Waals surface area contributed by atoms with Crippen LogP contribution in [0.3, 0.4) is 0 Å². The second kappa shape index (κ2) is 8.66. The molecular formula is C24H19F4N5O2. The Morgan fingerprint density at radius 2 is 1.83 bits per heavy atom. The van der Waals surface area contributed by atoms with Crippen LogP contribution >= 0.6 is 0 Å². The minimum absolute atomic E-state index is 0.0110. The Balaban J connectivity index is 1.47. The number of fused-ring (bicyclic) bond motifs is 1. The summed E-state index contributed by atoms with van der Waals surface area (Å²) in [6, 6.07) is 12.4. The molecule has 0 radical (unpaired) electrons. The molecule has 1 aromatic carbocycles. The number of hydrogen-bond acceptors (Lipinski definition) is 5. The molecule has 0 aliphatic carbocycles. The number of nitrogens with one attached hydrogen (secondary N) is 1. The van der Waals surface area contributed by atoms with E-state index in [-0.39, 0.29) is 23.9 Å². The number of aliphatic hydroxyl groups excluding tert-OH is 1. The fourth-order valence-corrected chi connectivity index (χ4v) is 3.91. The second-order valence-corrected chi connectivity index (χ2v) is 8.26. The minimum atomic E-state index is -4.63. The lowest BCUT2D eigenvalue weighted by Gasteiger charge is -2.36. The molecule has 5 rings (SSSR count). The minimum Gasteiger partial charge on any atom is -0.389 e. The van der Waals surface area contributed by atoms with Gasteiger partial charge in [0.2, 0.25) is 0 Å². The first-order valence-electron chi connectivity index (χ1n) is 10.7. The van der Waals surface area contributed by atoms with E-state index in [0.717, 1.165) is 6.07 Å². The molecular weight excluding hydrogens is 466 g/mol. The predicted octanol–water partition coefficient (Wildman–Crippen LogP) is 4.07. The molecule has 1 fully saturated rings. The molecule has 0 spiro atoms. The SMILES string of the molecule is O=C(Nc1ccc(N2CC(O)C2)nc1)c1cc2nc(C(F)(F)F)ccc2n1Cc1ccc(F)cc1. The molecule has 3 aromatic heterocycles. The maximum absolute atomic E-state index is 13.3. The van der Waals surface area contributed by atoms with Crippen LogP contribution in [0.15, 0.2) is 60.8 Å². The third kappa shape index (κ3) is 4.67. The smallest absolute Gasteiger partial charge is 0.389 e. The number of β-amino-alcohol motifs (C(OH)–C–C–N with tert-alkyl or cyclic N) is 1. The lowest BCUT2D eigenvalue weighted by molar-refractivity contribution is -0.140. The van der Waals surface area contributed by atoms with E-state index in [1.807, 2.05) is 4.90 Å². The summed E-state index contributed by atoms with van der Waals surface area (Å²) in [7, 11) is 0. The van der Waals surface area contributed by atoms with Gasteiger partial charge in [-0.15, -0.1) is 0 Å². The van der Waals surface area contributed by atoms with E-state index >= 15 is 0 Å². The van der Waals surface area contributed by atoms with Crippen LogP contribution in [-0.4, -0.2) is 44.7 Å². The Hall–Kier alpha value is -3.99. The van der Waals surface area contributed by atoms with Gasteiger partial charge in [0.05, 0.1) is 29.0 Å². The highest BCUT2D eigenvalue weighted by Gasteiger charge is 2.33. The molecule has 0 bridgehead atoms. The highest BCUT2D eigenvalue weighted by Crippen LogP contribution is 2.30. The average Bonchev–Trinajstić information content (AvgIpc) is 3.16. The summed E-state index contributed by atoms with van der Waals surface area (Å²) in [6.07, 6.45) is -3.55. The largest absolute Gasteiger partial charge is 0.433 e. The number of aliphatic hydroxyl groups is 1. The number of benzene rings is 1. The number of halogens is 4. The Morgan fingerprint density at radius 1 is 1.09 bits per heavy atom. The second-order valence-electron chi connectivity index (χ2n) is 8.26.